The lowest BCUT2D eigenvalue weighted by Gasteiger charge is -2.25. The van der Waals surface area contributed by atoms with Crippen LogP contribution in [0.3, 0.4) is 0 Å². The lowest BCUT2D eigenvalue weighted by molar-refractivity contribution is 0.596. The van der Waals surface area contributed by atoms with Crippen molar-refractivity contribution in [2.45, 2.75) is 57.3 Å². The third-order valence-electron chi connectivity index (χ3n) is 5.26. The van der Waals surface area contributed by atoms with E-state index in [2.05, 4.69) is 13.8 Å². The fourth-order valence-electron chi connectivity index (χ4n) is 3.48. The summed E-state index contributed by atoms with van der Waals surface area (Å²) in [5, 5.41) is 0. The summed E-state index contributed by atoms with van der Waals surface area (Å²) in [6.45, 7) is 4.35. The molecule has 0 saturated carbocycles. The van der Waals surface area contributed by atoms with Crippen molar-refractivity contribution >= 4 is 21.4 Å². The minimum absolute atomic E-state index is 0.287. The van der Waals surface area contributed by atoms with E-state index in [1.165, 1.54) is 15.4 Å². The molecular formula is C26H31NO2S. The zero-order valence-corrected chi connectivity index (χ0v) is 18.7. The number of anilines is 2. The number of unbranched alkanes of at least 4 members (excludes halogenated alkanes) is 2. The van der Waals surface area contributed by atoms with Crippen LogP contribution in [0.5, 0.6) is 0 Å². The highest BCUT2D eigenvalue weighted by Crippen LogP contribution is 2.33. The molecule has 3 aromatic rings. The van der Waals surface area contributed by atoms with Gasteiger partial charge < -0.3 is 0 Å². The first kappa shape index (κ1) is 22.1. The molecule has 0 atom stereocenters. The third-order valence-corrected chi connectivity index (χ3v) is 7.03. The molecule has 3 nitrogen and oxygen atoms in total. The van der Waals surface area contributed by atoms with E-state index in [1.54, 1.807) is 24.3 Å². The second kappa shape index (κ2) is 10.4. The average molecular weight is 422 g/mol. The van der Waals surface area contributed by atoms with Crippen LogP contribution in [0.25, 0.3) is 0 Å². The summed E-state index contributed by atoms with van der Waals surface area (Å²) in [5.41, 5.74) is 3.76. The van der Waals surface area contributed by atoms with Crippen LogP contribution in [-0.2, 0) is 22.9 Å². The van der Waals surface area contributed by atoms with Gasteiger partial charge in [0.05, 0.1) is 16.3 Å². The van der Waals surface area contributed by atoms with Crippen molar-refractivity contribution < 1.29 is 8.42 Å². The number of sulfonamides is 1. The van der Waals surface area contributed by atoms with Gasteiger partial charge in [-0.05, 0) is 73.2 Å². The molecule has 0 aromatic heterocycles. The van der Waals surface area contributed by atoms with E-state index in [1.807, 2.05) is 54.6 Å². The molecule has 30 heavy (non-hydrogen) atoms. The van der Waals surface area contributed by atoms with Gasteiger partial charge in [0.1, 0.15) is 0 Å². The smallest absolute Gasteiger partial charge is 0.235 e. The molecule has 3 aromatic carbocycles. The van der Waals surface area contributed by atoms with E-state index < -0.39 is 10.0 Å². The average Bonchev–Trinajstić information content (AvgIpc) is 2.78. The van der Waals surface area contributed by atoms with E-state index in [-0.39, 0.29) is 4.90 Å². The molecule has 0 fully saturated rings. The van der Waals surface area contributed by atoms with Crippen LogP contribution in [0.1, 0.15) is 50.7 Å². The monoisotopic (exact) mass is 421 g/mol. The zero-order valence-electron chi connectivity index (χ0n) is 17.9. The summed E-state index contributed by atoms with van der Waals surface area (Å²) in [5.74, 6) is 0. The lowest BCUT2D eigenvalue weighted by atomic mass is 10.1. The van der Waals surface area contributed by atoms with Crippen molar-refractivity contribution in [1.29, 1.82) is 0 Å². The molecule has 0 amide bonds. The predicted octanol–water partition coefficient (Wildman–Crippen LogP) is 6.90. The highest BCUT2D eigenvalue weighted by atomic mass is 32.2. The number of nitrogens with zero attached hydrogens (tertiary/aromatic N) is 1. The first-order chi connectivity index (χ1) is 14.6. The predicted molar refractivity (Wildman–Crippen MR) is 126 cm³/mol. The molecule has 0 aliphatic heterocycles. The van der Waals surface area contributed by atoms with Gasteiger partial charge in [-0.3, -0.25) is 0 Å². The molecule has 3 rings (SSSR count). The Morgan fingerprint density at radius 1 is 0.633 bits per heavy atom. The van der Waals surface area contributed by atoms with E-state index in [4.69, 9.17) is 0 Å². The largest absolute Gasteiger partial charge is 0.268 e. The van der Waals surface area contributed by atoms with Crippen LogP contribution < -0.4 is 4.31 Å². The van der Waals surface area contributed by atoms with Gasteiger partial charge in [-0.15, -0.1) is 0 Å². The second-order valence-corrected chi connectivity index (χ2v) is 9.41. The zero-order chi connectivity index (χ0) is 21.4. The Labute approximate surface area is 181 Å². The van der Waals surface area contributed by atoms with E-state index in [0.29, 0.717) is 11.4 Å². The van der Waals surface area contributed by atoms with Crippen molar-refractivity contribution in [3.8, 4) is 0 Å². The number of benzene rings is 3. The summed E-state index contributed by atoms with van der Waals surface area (Å²) in [4.78, 5) is 0.287. The minimum Gasteiger partial charge on any atom is -0.235 e. The molecule has 0 unspecified atom stereocenters. The Bertz CT molecular complexity index is 959. The minimum atomic E-state index is -3.73. The first-order valence-electron chi connectivity index (χ1n) is 10.8. The molecule has 0 aliphatic rings. The van der Waals surface area contributed by atoms with Crippen LogP contribution in [0.15, 0.2) is 83.8 Å². The quantitative estimate of drug-likeness (QED) is 0.357. The van der Waals surface area contributed by atoms with Crippen LogP contribution in [0.2, 0.25) is 0 Å². The maximum absolute atomic E-state index is 13.6. The number of aryl methyl sites for hydroxylation is 2. The molecule has 0 aliphatic carbocycles. The molecule has 0 N–H and O–H groups in total. The van der Waals surface area contributed by atoms with Gasteiger partial charge in [0, 0.05) is 0 Å². The van der Waals surface area contributed by atoms with E-state index >= 15 is 0 Å². The van der Waals surface area contributed by atoms with Gasteiger partial charge in [0.15, 0.2) is 0 Å². The van der Waals surface area contributed by atoms with Crippen LogP contribution in [0.4, 0.5) is 11.4 Å². The summed E-state index contributed by atoms with van der Waals surface area (Å²) < 4.78 is 28.6. The molecule has 0 spiro atoms. The highest BCUT2D eigenvalue weighted by Gasteiger charge is 2.26. The van der Waals surface area contributed by atoms with E-state index in [0.717, 1.165) is 38.5 Å². The molecular weight excluding hydrogens is 390 g/mol. The maximum atomic E-state index is 13.6. The van der Waals surface area contributed by atoms with Crippen molar-refractivity contribution in [2.24, 2.45) is 0 Å². The SMILES string of the molecule is CCCCc1ccc(N(c2ccc(CCCC)cc2)S(=O)(=O)c2ccccc2)cc1. The summed E-state index contributed by atoms with van der Waals surface area (Å²) in [7, 11) is -3.73. The summed E-state index contributed by atoms with van der Waals surface area (Å²) >= 11 is 0. The molecule has 0 radical (unpaired) electrons. The van der Waals surface area contributed by atoms with E-state index in [9.17, 15) is 8.42 Å². The van der Waals surface area contributed by atoms with Gasteiger partial charge in [-0.2, -0.15) is 0 Å². The second-order valence-electron chi connectivity index (χ2n) is 7.62. The van der Waals surface area contributed by atoms with Crippen molar-refractivity contribution in [2.75, 3.05) is 4.31 Å². The van der Waals surface area contributed by atoms with Crippen molar-refractivity contribution in [3.63, 3.8) is 0 Å². The Kier molecular flexibility index (Phi) is 7.69. The Morgan fingerprint density at radius 2 is 1.07 bits per heavy atom. The number of rotatable bonds is 10. The highest BCUT2D eigenvalue weighted by molar-refractivity contribution is 7.93. The molecule has 0 saturated heterocycles. The molecule has 0 bridgehead atoms. The normalized spacial score (nSPS) is 11.4. The Balaban J connectivity index is 2.01. The van der Waals surface area contributed by atoms with Crippen LogP contribution >= 0.6 is 0 Å². The van der Waals surface area contributed by atoms with Crippen LogP contribution in [-0.4, -0.2) is 8.42 Å². The topological polar surface area (TPSA) is 37.4 Å². The van der Waals surface area contributed by atoms with Gasteiger partial charge in [-0.1, -0.05) is 69.2 Å². The number of hydrogen-bond donors (Lipinski definition) is 0. The first-order valence-corrected chi connectivity index (χ1v) is 12.3. The Hall–Kier alpha value is -2.59. The van der Waals surface area contributed by atoms with Gasteiger partial charge in [0.25, 0.3) is 10.0 Å². The van der Waals surface area contributed by atoms with Crippen LogP contribution in [0, 0.1) is 0 Å². The fraction of sp³-hybridized carbons (Fsp3) is 0.308. The van der Waals surface area contributed by atoms with Gasteiger partial charge in [0.2, 0.25) is 0 Å². The van der Waals surface area contributed by atoms with Crippen molar-refractivity contribution in [1.82, 2.24) is 0 Å². The molecule has 0 heterocycles. The standard InChI is InChI=1S/C26H31NO2S/c1-3-5-10-22-14-18-24(19-15-22)27(30(28,29)26-12-8-7-9-13-26)25-20-16-23(17-21-25)11-6-4-2/h7-9,12-21H,3-6,10-11H2,1-2H3. The molecule has 4 heteroatoms. The Morgan fingerprint density at radius 3 is 1.47 bits per heavy atom. The van der Waals surface area contributed by atoms with Gasteiger partial charge >= 0.3 is 0 Å². The maximum Gasteiger partial charge on any atom is 0.268 e. The van der Waals surface area contributed by atoms with Gasteiger partial charge in [-0.25, -0.2) is 12.7 Å². The number of hydrogen-bond acceptors (Lipinski definition) is 2. The summed E-state index contributed by atoms with van der Waals surface area (Å²) in [6, 6.07) is 24.4. The molecule has 158 valence electrons. The lowest BCUT2D eigenvalue weighted by Crippen LogP contribution is -2.26. The third kappa shape index (κ3) is 5.31. The summed E-state index contributed by atoms with van der Waals surface area (Å²) in [6.07, 6.45) is 6.55. The van der Waals surface area contributed by atoms with Crippen molar-refractivity contribution in [3.05, 3.63) is 90.0 Å². The fourth-order valence-corrected chi connectivity index (χ4v) is 4.99.